The number of aromatic nitrogens is 1. The third-order valence-electron chi connectivity index (χ3n) is 2.91. The second-order valence-corrected chi connectivity index (χ2v) is 5.51. The van der Waals surface area contributed by atoms with E-state index in [4.69, 9.17) is 34.8 Å². The average molecular weight is 318 g/mol. The lowest BCUT2D eigenvalue weighted by atomic mass is 10.1. The van der Waals surface area contributed by atoms with Crippen LogP contribution in [0.4, 0.5) is 5.69 Å². The summed E-state index contributed by atoms with van der Waals surface area (Å²) in [6, 6.07) is 3.65. The minimum Gasteiger partial charge on any atom is -0.384 e. The summed E-state index contributed by atoms with van der Waals surface area (Å²) in [4.78, 5) is 4.55. The molecule has 0 bridgehead atoms. The zero-order chi connectivity index (χ0) is 14.0. The van der Waals surface area contributed by atoms with Gasteiger partial charge in [0.15, 0.2) is 0 Å². The molecule has 1 aromatic carbocycles. The number of nitrogens with one attached hydrogen (secondary N) is 1. The van der Waals surface area contributed by atoms with Gasteiger partial charge in [-0.2, -0.15) is 0 Å². The quantitative estimate of drug-likeness (QED) is 0.745. The topological polar surface area (TPSA) is 24.9 Å². The molecule has 0 fully saturated rings. The van der Waals surface area contributed by atoms with Gasteiger partial charge < -0.3 is 5.32 Å². The lowest BCUT2D eigenvalue weighted by molar-refractivity contribution is 0.977. The predicted octanol–water partition coefficient (Wildman–Crippen LogP) is 5.58. The smallest absolute Gasteiger partial charge is 0.0928 e. The molecule has 0 aliphatic rings. The molecule has 0 saturated heterocycles. The van der Waals surface area contributed by atoms with Gasteiger partial charge in [-0.3, -0.25) is 4.98 Å². The van der Waals surface area contributed by atoms with Crippen molar-refractivity contribution in [2.75, 3.05) is 11.9 Å². The van der Waals surface area contributed by atoms with Gasteiger partial charge in [-0.15, -0.1) is 0 Å². The molecule has 102 valence electrons. The summed E-state index contributed by atoms with van der Waals surface area (Å²) in [5, 5.41) is 5.63. The van der Waals surface area contributed by atoms with Crippen molar-refractivity contribution in [3.8, 4) is 0 Å². The number of nitrogens with zero attached hydrogens (tertiary/aromatic N) is 1. The van der Waals surface area contributed by atoms with E-state index in [1.807, 2.05) is 6.07 Å². The first-order valence-corrected chi connectivity index (χ1v) is 7.42. The van der Waals surface area contributed by atoms with Crippen molar-refractivity contribution in [1.82, 2.24) is 4.98 Å². The van der Waals surface area contributed by atoms with Gasteiger partial charge in [0.05, 0.1) is 20.6 Å². The van der Waals surface area contributed by atoms with Crippen molar-refractivity contribution in [3.05, 3.63) is 32.9 Å². The van der Waals surface area contributed by atoms with E-state index in [2.05, 4.69) is 24.1 Å². The highest BCUT2D eigenvalue weighted by atomic mass is 35.5. The highest BCUT2D eigenvalue weighted by Gasteiger charge is 2.14. The maximum Gasteiger partial charge on any atom is 0.0928 e. The summed E-state index contributed by atoms with van der Waals surface area (Å²) in [6.45, 7) is 5.03. The van der Waals surface area contributed by atoms with Crippen LogP contribution in [-0.2, 0) is 6.42 Å². The number of hydrogen-bond acceptors (Lipinski definition) is 2. The number of benzene rings is 1. The first-order chi connectivity index (χ1) is 9.08. The number of hydrogen-bond donors (Lipinski definition) is 1. The van der Waals surface area contributed by atoms with Gasteiger partial charge in [-0.25, -0.2) is 0 Å². The van der Waals surface area contributed by atoms with Gasteiger partial charge in [0.25, 0.3) is 0 Å². The molecule has 5 heteroatoms. The molecule has 1 heterocycles. The summed E-state index contributed by atoms with van der Waals surface area (Å²) in [5.41, 5.74) is 2.62. The molecule has 19 heavy (non-hydrogen) atoms. The number of halogens is 3. The largest absolute Gasteiger partial charge is 0.384 e. The van der Waals surface area contributed by atoms with Gasteiger partial charge in [0.1, 0.15) is 0 Å². The second kappa shape index (κ2) is 6.17. The SMILES string of the molecule is CCCNc1cc(CC)nc2c(Cl)cc(Cl)c(Cl)c12. The number of aryl methyl sites for hydroxylation is 1. The molecule has 0 radical (unpaired) electrons. The minimum atomic E-state index is 0.449. The number of rotatable bonds is 4. The molecule has 0 aliphatic carbocycles. The van der Waals surface area contributed by atoms with Crippen molar-refractivity contribution in [2.45, 2.75) is 26.7 Å². The molecule has 0 aliphatic heterocycles. The normalized spacial score (nSPS) is 11.0. The Hall–Kier alpha value is -0.700. The van der Waals surface area contributed by atoms with Crippen LogP contribution < -0.4 is 5.32 Å². The van der Waals surface area contributed by atoms with Crippen LogP contribution in [0.1, 0.15) is 26.0 Å². The van der Waals surface area contributed by atoms with Gasteiger partial charge in [0.2, 0.25) is 0 Å². The van der Waals surface area contributed by atoms with E-state index in [-0.39, 0.29) is 0 Å². The standard InChI is InChI=1S/C14H15Cl3N2/c1-3-5-18-11-6-8(4-2)19-14-10(16)7-9(15)13(17)12(11)14/h6-7H,3-5H2,1-2H3,(H,18,19). The van der Waals surface area contributed by atoms with Crippen molar-refractivity contribution < 1.29 is 0 Å². The molecule has 1 N–H and O–H groups in total. The van der Waals surface area contributed by atoms with E-state index in [1.165, 1.54) is 0 Å². The van der Waals surface area contributed by atoms with Crippen LogP contribution in [0, 0.1) is 0 Å². The Labute approximate surface area is 128 Å². The lowest BCUT2D eigenvalue weighted by Gasteiger charge is -2.13. The van der Waals surface area contributed by atoms with Crippen LogP contribution >= 0.6 is 34.8 Å². The highest BCUT2D eigenvalue weighted by Crippen LogP contribution is 2.39. The van der Waals surface area contributed by atoms with Crippen LogP contribution in [-0.4, -0.2) is 11.5 Å². The van der Waals surface area contributed by atoms with E-state index < -0.39 is 0 Å². The monoisotopic (exact) mass is 316 g/mol. The molecule has 0 amide bonds. The molecule has 2 rings (SSSR count). The van der Waals surface area contributed by atoms with E-state index in [0.29, 0.717) is 20.6 Å². The molecule has 2 aromatic rings. The first kappa shape index (κ1) is 14.7. The zero-order valence-electron chi connectivity index (χ0n) is 10.9. The molecular formula is C14H15Cl3N2. The summed E-state index contributed by atoms with van der Waals surface area (Å²) in [7, 11) is 0. The van der Waals surface area contributed by atoms with Crippen molar-refractivity contribution >= 4 is 51.4 Å². The van der Waals surface area contributed by atoms with Gasteiger partial charge in [0, 0.05) is 23.3 Å². The Morgan fingerprint density at radius 3 is 2.47 bits per heavy atom. The number of pyridine rings is 1. The Balaban J connectivity index is 2.75. The highest BCUT2D eigenvalue weighted by molar-refractivity contribution is 6.48. The summed E-state index contributed by atoms with van der Waals surface area (Å²) in [5.74, 6) is 0. The molecule has 0 unspecified atom stereocenters. The predicted molar refractivity (Wildman–Crippen MR) is 84.9 cm³/mol. The van der Waals surface area contributed by atoms with Crippen LogP contribution in [0.2, 0.25) is 15.1 Å². The van der Waals surface area contributed by atoms with Crippen molar-refractivity contribution in [1.29, 1.82) is 0 Å². The van der Waals surface area contributed by atoms with Crippen molar-refractivity contribution in [3.63, 3.8) is 0 Å². The maximum atomic E-state index is 6.31. The molecule has 0 atom stereocenters. The number of fused-ring (bicyclic) bond motifs is 1. The van der Waals surface area contributed by atoms with Gasteiger partial charge >= 0.3 is 0 Å². The summed E-state index contributed by atoms with van der Waals surface area (Å²) < 4.78 is 0. The van der Waals surface area contributed by atoms with E-state index in [0.717, 1.165) is 36.2 Å². The van der Waals surface area contributed by atoms with Crippen LogP contribution in [0.5, 0.6) is 0 Å². The van der Waals surface area contributed by atoms with E-state index >= 15 is 0 Å². The third-order valence-corrected chi connectivity index (χ3v) is 3.98. The second-order valence-electron chi connectivity index (χ2n) is 4.32. The Kier molecular flexibility index (Phi) is 4.77. The van der Waals surface area contributed by atoms with Crippen LogP contribution in [0.15, 0.2) is 12.1 Å². The van der Waals surface area contributed by atoms with E-state index in [9.17, 15) is 0 Å². The molecular weight excluding hydrogens is 303 g/mol. The van der Waals surface area contributed by atoms with Crippen LogP contribution in [0.3, 0.4) is 0 Å². The lowest BCUT2D eigenvalue weighted by Crippen LogP contribution is -2.03. The Morgan fingerprint density at radius 1 is 1.11 bits per heavy atom. The minimum absolute atomic E-state index is 0.449. The van der Waals surface area contributed by atoms with Gasteiger partial charge in [-0.1, -0.05) is 48.7 Å². The molecule has 2 nitrogen and oxygen atoms in total. The Bertz CT molecular complexity index is 611. The van der Waals surface area contributed by atoms with Crippen molar-refractivity contribution in [2.24, 2.45) is 0 Å². The third kappa shape index (κ3) is 2.91. The zero-order valence-corrected chi connectivity index (χ0v) is 13.1. The summed E-state index contributed by atoms with van der Waals surface area (Å²) >= 11 is 18.6. The molecule has 0 spiro atoms. The maximum absolute atomic E-state index is 6.31. The Morgan fingerprint density at radius 2 is 1.84 bits per heavy atom. The molecule has 1 aromatic heterocycles. The van der Waals surface area contributed by atoms with Gasteiger partial charge in [-0.05, 0) is 25.0 Å². The fourth-order valence-electron chi connectivity index (χ4n) is 1.94. The van der Waals surface area contributed by atoms with Crippen LogP contribution in [0.25, 0.3) is 10.9 Å². The molecule has 0 saturated carbocycles. The van der Waals surface area contributed by atoms with E-state index in [1.54, 1.807) is 6.07 Å². The first-order valence-electron chi connectivity index (χ1n) is 6.29. The number of anilines is 1. The fraction of sp³-hybridized carbons (Fsp3) is 0.357. The fourth-order valence-corrected chi connectivity index (χ4v) is 2.69. The average Bonchev–Trinajstić information content (AvgIpc) is 2.41. The summed E-state index contributed by atoms with van der Waals surface area (Å²) in [6.07, 6.45) is 1.87.